The molecule has 3 aromatic carbocycles. The number of benzene rings is 3. The Bertz CT molecular complexity index is 1430. The first-order valence-corrected chi connectivity index (χ1v) is 14.4. The zero-order valence-electron chi connectivity index (χ0n) is 22.8. The number of aryl methyl sites for hydroxylation is 2. The Balaban J connectivity index is 2.10. The minimum absolute atomic E-state index is 0.00457. The van der Waals surface area contributed by atoms with Gasteiger partial charge >= 0.3 is 0 Å². The summed E-state index contributed by atoms with van der Waals surface area (Å²) < 4.78 is 34.4. The number of ether oxygens (including phenoxy) is 1. The summed E-state index contributed by atoms with van der Waals surface area (Å²) in [4.78, 5) is 28.2. The lowest BCUT2D eigenvalue weighted by Gasteiger charge is -2.32. The van der Waals surface area contributed by atoms with Crippen molar-refractivity contribution >= 4 is 39.1 Å². The average Bonchev–Trinajstić information content (AvgIpc) is 2.90. The van der Waals surface area contributed by atoms with Crippen molar-refractivity contribution in [1.29, 1.82) is 0 Å². The molecule has 0 radical (unpaired) electrons. The predicted octanol–water partition coefficient (Wildman–Crippen LogP) is 4.71. The highest BCUT2D eigenvalue weighted by Gasteiger charge is 2.34. The van der Waals surface area contributed by atoms with Crippen LogP contribution in [0.2, 0.25) is 5.02 Å². The molecule has 0 aliphatic heterocycles. The number of hydrogen-bond donors (Lipinski definition) is 1. The second-order valence-electron chi connectivity index (χ2n) is 9.22. The van der Waals surface area contributed by atoms with Crippen molar-refractivity contribution in [3.05, 3.63) is 88.4 Å². The molecule has 3 rings (SSSR count). The highest BCUT2D eigenvalue weighted by molar-refractivity contribution is 7.92. The SMILES string of the molecule is CCNC(=O)[C@@H](C)N(Cc1cccc(C)c1)C(=O)CN(c1cc(Cl)ccc1OC)S(=O)(=O)c1ccc(C)cc1. The molecule has 0 aromatic heterocycles. The van der Waals surface area contributed by atoms with Gasteiger partial charge in [-0.3, -0.25) is 13.9 Å². The number of likely N-dealkylation sites (N-methyl/N-ethyl adjacent to an activating group) is 1. The molecule has 3 aromatic rings. The van der Waals surface area contributed by atoms with E-state index in [0.29, 0.717) is 6.54 Å². The van der Waals surface area contributed by atoms with Crippen molar-refractivity contribution in [3.63, 3.8) is 0 Å². The van der Waals surface area contributed by atoms with Crippen LogP contribution in [0.3, 0.4) is 0 Å². The third-order valence-corrected chi connectivity index (χ3v) is 8.26. The number of carbonyl (C=O) groups excluding carboxylic acids is 2. The molecule has 0 aliphatic carbocycles. The number of nitrogens with one attached hydrogen (secondary N) is 1. The van der Waals surface area contributed by atoms with Gasteiger partial charge in [0.25, 0.3) is 10.0 Å². The predicted molar refractivity (Wildman–Crippen MR) is 154 cm³/mol. The topological polar surface area (TPSA) is 96.0 Å². The summed E-state index contributed by atoms with van der Waals surface area (Å²) in [6.07, 6.45) is 0. The highest BCUT2D eigenvalue weighted by atomic mass is 35.5. The van der Waals surface area contributed by atoms with Gasteiger partial charge in [-0.05, 0) is 63.6 Å². The first-order chi connectivity index (χ1) is 18.5. The van der Waals surface area contributed by atoms with Gasteiger partial charge in [-0.2, -0.15) is 0 Å². The molecular weight excluding hydrogens is 538 g/mol. The van der Waals surface area contributed by atoms with E-state index >= 15 is 0 Å². The third kappa shape index (κ3) is 7.30. The van der Waals surface area contributed by atoms with E-state index in [9.17, 15) is 18.0 Å². The second-order valence-corrected chi connectivity index (χ2v) is 11.5. The first kappa shape index (κ1) is 30.0. The van der Waals surface area contributed by atoms with E-state index in [1.54, 1.807) is 38.1 Å². The Kier molecular flexibility index (Phi) is 9.99. The zero-order valence-corrected chi connectivity index (χ0v) is 24.3. The lowest BCUT2D eigenvalue weighted by Crippen LogP contribution is -2.51. The Morgan fingerprint density at radius 3 is 2.31 bits per heavy atom. The minimum atomic E-state index is -4.24. The average molecular weight is 572 g/mol. The normalized spacial score (nSPS) is 11.9. The second kappa shape index (κ2) is 13.0. The Labute approximate surface area is 235 Å². The number of anilines is 1. The molecule has 2 amide bonds. The maximum absolute atomic E-state index is 14.0. The van der Waals surface area contributed by atoms with Crippen molar-refractivity contribution < 1.29 is 22.7 Å². The fourth-order valence-corrected chi connectivity index (χ4v) is 5.70. The van der Waals surface area contributed by atoms with Gasteiger partial charge < -0.3 is 15.0 Å². The van der Waals surface area contributed by atoms with Gasteiger partial charge in [0.2, 0.25) is 11.8 Å². The van der Waals surface area contributed by atoms with Crippen molar-refractivity contribution in [1.82, 2.24) is 10.2 Å². The maximum atomic E-state index is 14.0. The molecule has 0 saturated carbocycles. The molecule has 1 atom stereocenters. The number of amides is 2. The summed E-state index contributed by atoms with van der Waals surface area (Å²) >= 11 is 6.26. The van der Waals surface area contributed by atoms with Crippen molar-refractivity contribution in [2.24, 2.45) is 0 Å². The van der Waals surface area contributed by atoms with Crippen LogP contribution in [0.15, 0.2) is 71.6 Å². The Morgan fingerprint density at radius 1 is 1.00 bits per heavy atom. The lowest BCUT2D eigenvalue weighted by molar-refractivity contribution is -0.139. The molecular formula is C29H34ClN3O5S. The standard InChI is InChI=1S/C29H34ClN3O5S/c1-6-31-29(35)22(4)32(18-23-9-7-8-21(3)16-23)28(34)19-33(26-17-24(30)12-15-27(26)38-5)39(36,37)25-13-10-20(2)11-14-25/h7-17,22H,6,18-19H2,1-5H3,(H,31,35)/t22-/m1/s1. The number of methoxy groups -OCH3 is 1. The van der Waals surface area contributed by atoms with Crippen molar-refractivity contribution in [3.8, 4) is 5.75 Å². The van der Waals surface area contributed by atoms with Crippen LogP contribution in [0.5, 0.6) is 5.75 Å². The van der Waals surface area contributed by atoms with E-state index in [-0.39, 0.29) is 33.8 Å². The number of hydrogen-bond acceptors (Lipinski definition) is 5. The van der Waals surface area contributed by atoms with Crippen LogP contribution in [-0.4, -0.2) is 51.4 Å². The van der Waals surface area contributed by atoms with E-state index < -0.39 is 28.5 Å². The quantitative estimate of drug-likeness (QED) is 0.359. The molecule has 0 saturated heterocycles. The first-order valence-electron chi connectivity index (χ1n) is 12.5. The summed E-state index contributed by atoms with van der Waals surface area (Å²) in [7, 11) is -2.83. The number of rotatable bonds is 11. The molecule has 0 bridgehead atoms. The molecule has 0 heterocycles. The van der Waals surface area contributed by atoms with Gasteiger partial charge in [-0.25, -0.2) is 8.42 Å². The van der Waals surface area contributed by atoms with E-state index in [4.69, 9.17) is 16.3 Å². The molecule has 39 heavy (non-hydrogen) atoms. The van der Waals surface area contributed by atoms with E-state index in [0.717, 1.165) is 21.0 Å². The van der Waals surface area contributed by atoms with Gasteiger partial charge in [0.15, 0.2) is 0 Å². The molecule has 0 aliphatic rings. The fraction of sp³-hybridized carbons (Fsp3) is 0.310. The number of nitrogens with zero attached hydrogens (tertiary/aromatic N) is 2. The molecule has 1 N–H and O–H groups in total. The molecule has 8 nitrogen and oxygen atoms in total. The summed E-state index contributed by atoms with van der Waals surface area (Å²) in [6.45, 7) is 7.12. The molecule has 208 valence electrons. The third-order valence-electron chi connectivity index (χ3n) is 6.25. The number of carbonyl (C=O) groups is 2. The van der Waals surface area contributed by atoms with Crippen LogP contribution >= 0.6 is 11.6 Å². The van der Waals surface area contributed by atoms with E-state index in [1.165, 1.54) is 30.2 Å². The van der Waals surface area contributed by atoms with Crippen LogP contribution in [0.4, 0.5) is 5.69 Å². The van der Waals surface area contributed by atoms with Crippen LogP contribution in [-0.2, 0) is 26.2 Å². The number of halogens is 1. The maximum Gasteiger partial charge on any atom is 0.264 e. The Hall–Kier alpha value is -3.56. The summed E-state index contributed by atoms with van der Waals surface area (Å²) in [5.74, 6) is -0.676. The molecule has 10 heteroatoms. The van der Waals surface area contributed by atoms with Crippen LogP contribution < -0.4 is 14.4 Å². The molecule has 0 spiro atoms. The van der Waals surface area contributed by atoms with Gasteiger partial charge in [-0.1, -0.05) is 59.1 Å². The Morgan fingerprint density at radius 2 is 1.69 bits per heavy atom. The zero-order chi connectivity index (χ0) is 28.7. The van der Waals surface area contributed by atoms with Gasteiger partial charge in [0.05, 0.1) is 17.7 Å². The highest BCUT2D eigenvalue weighted by Crippen LogP contribution is 2.35. The molecule has 0 fully saturated rings. The van der Waals surface area contributed by atoms with Crippen LogP contribution in [0.1, 0.15) is 30.5 Å². The van der Waals surface area contributed by atoms with Crippen molar-refractivity contribution in [2.75, 3.05) is 24.5 Å². The molecule has 0 unspecified atom stereocenters. The van der Waals surface area contributed by atoms with Gasteiger partial charge in [0, 0.05) is 18.1 Å². The minimum Gasteiger partial charge on any atom is -0.495 e. The smallest absolute Gasteiger partial charge is 0.264 e. The van der Waals surface area contributed by atoms with E-state index in [2.05, 4.69) is 5.32 Å². The largest absolute Gasteiger partial charge is 0.495 e. The van der Waals surface area contributed by atoms with Gasteiger partial charge in [0.1, 0.15) is 18.3 Å². The number of sulfonamides is 1. The van der Waals surface area contributed by atoms with E-state index in [1.807, 2.05) is 38.1 Å². The van der Waals surface area contributed by atoms with Crippen LogP contribution in [0, 0.1) is 13.8 Å². The van der Waals surface area contributed by atoms with Gasteiger partial charge in [-0.15, -0.1) is 0 Å². The monoisotopic (exact) mass is 571 g/mol. The fourth-order valence-electron chi connectivity index (χ4n) is 4.12. The summed E-state index contributed by atoms with van der Waals surface area (Å²) in [6, 6.07) is 17.6. The lowest BCUT2D eigenvalue weighted by atomic mass is 10.1. The summed E-state index contributed by atoms with van der Waals surface area (Å²) in [5.41, 5.74) is 2.81. The summed E-state index contributed by atoms with van der Waals surface area (Å²) in [5, 5.41) is 3.02. The van der Waals surface area contributed by atoms with Crippen LogP contribution in [0.25, 0.3) is 0 Å². The van der Waals surface area contributed by atoms with Crippen molar-refractivity contribution in [2.45, 2.75) is 45.2 Å².